The molecule has 308 valence electrons. The quantitative estimate of drug-likeness (QED) is 0.0513. The van der Waals surface area contributed by atoms with Crippen molar-refractivity contribution in [2.75, 3.05) is 13.2 Å². The maximum absolute atomic E-state index is 13.8. The van der Waals surface area contributed by atoms with Crippen molar-refractivity contribution in [3.8, 4) is 0 Å². The van der Waals surface area contributed by atoms with Gasteiger partial charge in [0.1, 0.15) is 47.0 Å². The molecule has 5 amide bonds. The number of carbonyl (C=O) groups is 9. The van der Waals surface area contributed by atoms with Gasteiger partial charge in [0.25, 0.3) is 0 Å². The SMILES string of the molecule is C[C@H](NC(=O)CN)C(=O)N[C@@H](CCC(=O)OC(C)(C)C)C(=O)N[C@@H](CC(=O)OC(C)(C)C)C(=O)N[C@@H](CCC(=O)OC(C)(C)C)C(=O)N[C@@H](CO)C(=O)O. The van der Waals surface area contributed by atoms with Gasteiger partial charge in [-0.05, 0) is 82.1 Å². The number of carboxylic acids is 1. The molecule has 0 fully saturated rings. The zero-order valence-corrected chi connectivity index (χ0v) is 32.7. The predicted molar refractivity (Wildman–Crippen MR) is 190 cm³/mol. The van der Waals surface area contributed by atoms with Crippen molar-refractivity contribution in [3.05, 3.63) is 0 Å². The third-order valence-electron chi connectivity index (χ3n) is 6.56. The number of esters is 3. The number of aliphatic hydroxyl groups excluding tert-OH is 1. The number of rotatable bonds is 20. The van der Waals surface area contributed by atoms with E-state index in [1.165, 1.54) is 6.92 Å². The molecule has 5 atom stereocenters. The summed E-state index contributed by atoms with van der Waals surface area (Å²) < 4.78 is 15.9. The van der Waals surface area contributed by atoms with Gasteiger partial charge in [-0.1, -0.05) is 0 Å². The van der Waals surface area contributed by atoms with Gasteiger partial charge in [0.15, 0.2) is 0 Å². The Hall–Kier alpha value is -4.85. The lowest BCUT2D eigenvalue weighted by Gasteiger charge is -2.27. The summed E-state index contributed by atoms with van der Waals surface area (Å²) in [6.45, 7) is 14.1. The van der Waals surface area contributed by atoms with E-state index in [1.807, 2.05) is 5.32 Å². The summed E-state index contributed by atoms with van der Waals surface area (Å²) in [4.78, 5) is 115. The van der Waals surface area contributed by atoms with Gasteiger partial charge in [0, 0.05) is 12.8 Å². The smallest absolute Gasteiger partial charge is 0.328 e. The van der Waals surface area contributed by atoms with Crippen LogP contribution in [0.15, 0.2) is 0 Å². The number of hydrogen-bond acceptors (Lipinski definition) is 14. The molecule has 0 aromatic rings. The number of carboxylic acid groups (broad SMARTS) is 1. The first-order valence-corrected chi connectivity index (χ1v) is 17.3. The van der Waals surface area contributed by atoms with E-state index >= 15 is 0 Å². The van der Waals surface area contributed by atoms with Crippen molar-refractivity contribution in [2.45, 2.75) is 148 Å². The molecular weight excluding hydrogens is 716 g/mol. The second-order valence-electron chi connectivity index (χ2n) is 15.3. The highest BCUT2D eigenvalue weighted by atomic mass is 16.6. The first kappa shape index (κ1) is 49.1. The highest BCUT2D eigenvalue weighted by Crippen LogP contribution is 2.14. The molecule has 0 saturated carbocycles. The lowest BCUT2D eigenvalue weighted by molar-refractivity contribution is -0.157. The summed E-state index contributed by atoms with van der Waals surface area (Å²) >= 11 is 0. The molecule has 0 saturated heterocycles. The Bertz CT molecular complexity index is 1370. The van der Waals surface area contributed by atoms with Crippen LogP contribution in [-0.4, -0.2) is 124 Å². The summed E-state index contributed by atoms with van der Waals surface area (Å²) in [5.74, 6) is -9.01. The number of nitrogens with two attached hydrogens (primary N) is 1. The third kappa shape index (κ3) is 21.6. The van der Waals surface area contributed by atoms with E-state index in [2.05, 4.69) is 21.3 Å². The Morgan fingerprint density at radius 3 is 1.28 bits per heavy atom. The van der Waals surface area contributed by atoms with E-state index in [4.69, 9.17) is 19.9 Å². The van der Waals surface area contributed by atoms with Crippen molar-refractivity contribution in [1.82, 2.24) is 26.6 Å². The van der Waals surface area contributed by atoms with Crippen molar-refractivity contribution >= 4 is 53.4 Å². The van der Waals surface area contributed by atoms with Gasteiger partial charge in [0.05, 0.1) is 19.6 Å². The van der Waals surface area contributed by atoms with E-state index in [0.717, 1.165) is 0 Å². The maximum atomic E-state index is 13.8. The van der Waals surface area contributed by atoms with E-state index in [1.54, 1.807) is 62.3 Å². The Morgan fingerprint density at radius 1 is 0.556 bits per heavy atom. The van der Waals surface area contributed by atoms with Gasteiger partial charge < -0.3 is 56.7 Å². The number of carbonyl (C=O) groups excluding carboxylic acids is 8. The van der Waals surface area contributed by atoms with Crippen LogP contribution >= 0.6 is 0 Å². The van der Waals surface area contributed by atoms with E-state index < -0.39 is 139 Å². The Balaban J connectivity index is 6.65. The average Bonchev–Trinajstić information content (AvgIpc) is 2.99. The third-order valence-corrected chi connectivity index (χ3v) is 6.56. The number of amides is 5. The largest absolute Gasteiger partial charge is 0.480 e. The molecule has 0 aromatic heterocycles. The zero-order valence-electron chi connectivity index (χ0n) is 32.7. The van der Waals surface area contributed by atoms with Crippen LogP contribution in [-0.2, 0) is 57.4 Å². The van der Waals surface area contributed by atoms with Gasteiger partial charge in [-0.25, -0.2) is 4.79 Å². The molecule has 0 unspecified atom stereocenters. The zero-order chi connectivity index (χ0) is 42.2. The molecule has 20 nitrogen and oxygen atoms in total. The lowest BCUT2D eigenvalue weighted by Crippen LogP contribution is -2.59. The molecule has 0 aromatic carbocycles. The highest BCUT2D eigenvalue weighted by molar-refractivity contribution is 5.97. The summed E-state index contributed by atoms with van der Waals surface area (Å²) in [6.07, 6.45) is -2.49. The summed E-state index contributed by atoms with van der Waals surface area (Å²) in [7, 11) is 0. The molecule has 0 aliphatic rings. The molecule has 20 heteroatoms. The minimum atomic E-state index is -1.81. The number of aliphatic hydroxyl groups is 1. The minimum absolute atomic E-state index is 0.372. The molecule has 54 heavy (non-hydrogen) atoms. The normalized spacial score (nSPS) is 14.4. The second kappa shape index (κ2) is 21.8. The highest BCUT2D eigenvalue weighted by Gasteiger charge is 2.35. The molecule has 0 rings (SSSR count). The Labute approximate surface area is 314 Å². The van der Waals surface area contributed by atoms with Crippen LogP contribution in [0.5, 0.6) is 0 Å². The van der Waals surface area contributed by atoms with Crippen molar-refractivity contribution < 1.29 is 67.6 Å². The van der Waals surface area contributed by atoms with Crippen LogP contribution in [0.25, 0.3) is 0 Å². The summed E-state index contributed by atoms with van der Waals surface area (Å²) in [5, 5.41) is 30.1. The second-order valence-corrected chi connectivity index (χ2v) is 15.3. The molecule has 0 aliphatic carbocycles. The first-order chi connectivity index (χ1) is 24.6. The van der Waals surface area contributed by atoms with Crippen molar-refractivity contribution in [3.63, 3.8) is 0 Å². The standard InChI is InChI=1S/C34H58N6O14/c1-18(36-23(42)16-35)27(46)37-19(11-13-24(43)52-32(2,3)4)28(47)39-21(15-26(45)54-34(8,9)10)30(49)38-20(12-14-25(44)53-33(5,6)7)29(48)40-22(17-41)31(50)51/h18-22,41H,11-17,35H2,1-10H3,(H,36,42)(H,37,46)(H,38,49)(H,39,47)(H,40,48)(H,50,51)/t18-,19-,20-,21-,22-/m0/s1. The molecule has 0 bridgehead atoms. The number of hydrogen-bond donors (Lipinski definition) is 8. The van der Waals surface area contributed by atoms with Gasteiger partial charge in [-0.3, -0.25) is 38.4 Å². The lowest BCUT2D eigenvalue weighted by atomic mass is 10.1. The molecular formula is C34H58N6O14. The molecule has 0 aliphatic heterocycles. The van der Waals surface area contributed by atoms with E-state index in [0.29, 0.717) is 0 Å². The van der Waals surface area contributed by atoms with Crippen molar-refractivity contribution in [1.29, 1.82) is 0 Å². The van der Waals surface area contributed by atoms with Gasteiger partial charge in [-0.2, -0.15) is 0 Å². The van der Waals surface area contributed by atoms with Crippen LogP contribution in [0.2, 0.25) is 0 Å². The summed E-state index contributed by atoms with van der Waals surface area (Å²) in [6, 6.07) is -8.01. The number of nitrogens with one attached hydrogen (secondary N) is 5. The van der Waals surface area contributed by atoms with Gasteiger partial charge >= 0.3 is 23.9 Å². The average molecular weight is 775 g/mol. The Kier molecular flexibility index (Phi) is 19.8. The van der Waals surface area contributed by atoms with Crippen LogP contribution in [0.3, 0.4) is 0 Å². The summed E-state index contributed by atoms with van der Waals surface area (Å²) in [5.41, 5.74) is 2.47. The molecule has 0 radical (unpaired) electrons. The minimum Gasteiger partial charge on any atom is -0.480 e. The van der Waals surface area contributed by atoms with Crippen molar-refractivity contribution in [2.24, 2.45) is 5.73 Å². The predicted octanol–water partition coefficient (Wildman–Crippen LogP) is -1.56. The first-order valence-electron chi connectivity index (χ1n) is 17.3. The van der Waals surface area contributed by atoms with E-state index in [9.17, 15) is 53.4 Å². The molecule has 0 heterocycles. The van der Waals surface area contributed by atoms with Crippen LogP contribution in [0, 0.1) is 0 Å². The van der Waals surface area contributed by atoms with Crippen LogP contribution < -0.4 is 32.3 Å². The van der Waals surface area contributed by atoms with Gasteiger partial charge in [-0.15, -0.1) is 0 Å². The molecule has 0 spiro atoms. The van der Waals surface area contributed by atoms with Gasteiger partial charge in [0.2, 0.25) is 29.5 Å². The van der Waals surface area contributed by atoms with Crippen LogP contribution in [0.1, 0.15) is 101 Å². The molecule has 9 N–H and O–H groups in total. The topological polar surface area (TPSA) is 308 Å². The number of aliphatic carboxylic acids is 1. The monoisotopic (exact) mass is 774 g/mol. The van der Waals surface area contributed by atoms with Crippen LogP contribution in [0.4, 0.5) is 0 Å². The fourth-order valence-electron chi connectivity index (χ4n) is 4.27. The van der Waals surface area contributed by atoms with E-state index in [-0.39, 0.29) is 6.42 Å². The fraction of sp³-hybridized carbons (Fsp3) is 0.735. The fourth-order valence-corrected chi connectivity index (χ4v) is 4.27. The Morgan fingerprint density at radius 2 is 0.907 bits per heavy atom. The number of ether oxygens (including phenoxy) is 3. The maximum Gasteiger partial charge on any atom is 0.328 e.